The van der Waals surface area contributed by atoms with E-state index in [1.807, 2.05) is 17.0 Å². The van der Waals surface area contributed by atoms with Crippen LogP contribution in [0.2, 0.25) is 0 Å². The molecule has 2 saturated heterocycles. The third kappa shape index (κ3) is 2.40. The Labute approximate surface area is 133 Å². The molecule has 6 nitrogen and oxygen atoms in total. The Balaban J connectivity index is 1.52. The molecule has 2 aliphatic heterocycles. The molecule has 0 saturated carbocycles. The summed E-state index contributed by atoms with van der Waals surface area (Å²) < 4.78 is 5.21. The van der Waals surface area contributed by atoms with E-state index in [1.54, 1.807) is 29.4 Å². The van der Waals surface area contributed by atoms with Crippen molar-refractivity contribution < 1.29 is 14.0 Å². The number of carbonyl (C=O) groups is 2. The topological polar surface area (TPSA) is 66.7 Å². The lowest BCUT2D eigenvalue weighted by molar-refractivity contribution is -0.129. The molecular formula is C17H17N3O3. The van der Waals surface area contributed by atoms with Gasteiger partial charge in [-0.2, -0.15) is 0 Å². The van der Waals surface area contributed by atoms with E-state index in [9.17, 15) is 9.59 Å². The average Bonchev–Trinajstić information content (AvgIpc) is 3.27. The van der Waals surface area contributed by atoms with E-state index in [1.165, 1.54) is 6.26 Å². The first-order valence-electron chi connectivity index (χ1n) is 7.77. The lowest BCUT2D eigenvalue weighted by Gasteiger charge is -2.25. The minimum atomic E-state index is -0.126. The molecule has 23 heavy (non-hydrogen) atoms. The van der Waals surface area contributed by atoms with Gasteiger partial charge in [-0.1, -0.05) is 6.07 Å². The average molecular weight is 311 g/mol. The predicted molar refractivity (Wildman–Crippen MR) is 81.3 cm³/mol. The molecule has 4 rings (SSSR count). The van der Waals surface area contributed by atoms with Crippen LogP contribution in [0.4, 0.5) is 0 Å². The molecule has 0 aliphatic carbocycles. The van der Waals surface area contributed by atoms with Crippen molar-refractivity contribution in [3.8, 4) is 0 Å². The zero-order chi connectivity index (χ0) is 15.8. The van der Waals surface area contributed by atoms with Crippen molar-refractivity contribution in [2.45, 2.75) is 31.5 Å². The van der Waals surface area contributed by atoms with Crippen molar-refractivity contribution in [2.75, 3.05) is 6.54 Å². The fraction of sp³-hybridized carbons (Fsp3) is 0.353. The molecule has 2 atom stereocenters. The van der Waals surface area contributed by atoms with Crippen LogP contribution in [0.5, 0.6) is 0 Å². The molecule has 0 bridgehead atoms. The lowest BCUT2D eigenvalue weighted by atomic mass is 10.1. The maximum Gasteiger partial charge on any atom is 0.289 e. The van der Waals surface area contributed by atoms with Gasteiger partial charge in [0, 0.05) is 31.9 Å². The molecule has 0 aromatic carbocycles. The van der Waals surface area contributed by atoms with Crippen LogP contribution in [-0.2, 0) is 11.3 Å². The van der Waals surface area contributed by atoms with Crippen LogP contribution in [-0.4, -0.2) is 45.2 Å². The molecule has 2 fully saturated rings. The highest BCUT2D eigenvalue weighted by molar-refractivity contribution is 5.93. The molecule has 0 radical (unpaired) electrons. The van der Waals surface area contributed by atoms with Gasteiger partial charge in [-0.3, -0.25) is 14.6 Å². The Morgan fingerprint density at radius 1 is 1.30 bits per heavy atom. The van der Waals surface area contributed by atoms with Gasteiger partial charge in [0.05, 0.1) is 18.3 Å². The number of likely N-dealkylation sites (tertiary alicyclic amines) is 2. The zero-order valence-corrected chi connectivity index (χ0v) is 12.6. The number of carbonyl (C=O) groups excluding carboxylic acids is 2. The van der Waals surface area contributed by atoms with Gasteiger partial charge < -0.3 is 14.2 Å². The van der Waals surface area contributed by atoms with Crippen LogP contribution in [0.1, 0.15) is 29.0 Å². The second kappa shape index (κ2) is 5.53. The monoisotopic (exact) mass is 311 g/mol. The number of amides is 2. The van der Waals surface area contributed by atoms with Crippen molar-refractivity contribution in [2.24, 2.45) is 0 Å². The van der Waals surface area contributed by atoms with Gasteiger partial charge in [0.15, 0.2) is 5.76 Å². The van der Waals surface area contributed by atoms with E-state index >= 15 is 0 Å². The smallest absolute Gasteiger partial charge is 0.289 e. The zero-order valence-electron chi connectivity index (χ0n) is 12.6. The fourth-order valence-electron chi connectivity index (χ4n) is 3.62. The maximum atomic E-state index is 12.5. The first-order chi connectivity index (χ1) is 11.2. The summed E-state index contributed by atoms with van der Waals surface area (Å²) in [4.78, 5) is 32.7. The van der Waals surface area contributed by atoms with Gasteiger partial charge in [-0.25, -0.2) is 0 Å². The predicted octanol–water partition coefficient (Wildman–Crippen LogP) is 1.69. The molecule has 2 aliphatic rings. The quantitative estimate of drug-likeness (QED) is 0.865. The summed E-state index contributed by atoms with van der Waals surface area (Å²) in [5.41, 5.74) is 1.01. The van der Waals surface area contributed by atoms with Crippen molar-refractivity contribution in [3.63, 3.8) is 0 Å². The van der Waals surface area contributed by atoms with E-state index in [4.69, 9.17) is 4.42 Å². The summed E-state index contributed by atoms with van der Waals surface area (Å²) in [5.74, 6) is 0.308. The van der Waals surface area contributed by atoms with Crippen LogP contribution in [0.25, 0.3) is 0 Å². The van der Waals surface area contributed by atoms with Gasteiger partial charge in [-0.15, -0.1) is 0 Å². The Kier molecular flexibility index (Phi) is 3.37. The van der Waals surface area contributed by atoms with Crippen molar-refractivity contribution in [1.29, 1.82) is 0 Å². The minimum Gasteiger partial charge on any atom is -0.459 e. The number of nitrogens with zero attached hydrogens (tertiary/aromatic N) is 3. The van der Waals surface area contributed by atoms with Crippen LogP contribution in [0, 0.1) is 0 Å². The SMILES string of the molecule is O=C(c1ccco1)N1CC[C@H]2[C@H]1CC(=O)N2Cc1cccnc1. The van der Waals surface area contributed by atoms with Gasteiger partial charge in [0.1, 0.15) is 0 Å². The van der Waals surface area contributed by atoms with E-state index in [0.29, 0.717) is 25.3 Å². The number of rotatable bonds is 3. The van der Waals surface area contributed by atoms with Gasteiger partial charge >= 0.3 is 0 Å². The van der Waals surface area contributed by atoms with E-state index in [0.717, 1.165) is 12.0 Å². The number of hydrogen-bond donors (Lipinski definition) is 0. The molecule has 2 aromatic heterocycles. The Morgan fingerprint density at radius 2 is 2.22 bits per heavy atom. The molecule has 0 spiro atoms. The van der Waals surface area contributed by atoms with Gasteiger partial charge in [0.2, 0.25) is 5.91 Å². The maximum absolute atomic E-state index is 12.5. The molecular weight excluding hydrogens is 294 g/mol. The number of aromatic nitrogens is 1. The van der Waals surface area contributed by atoms with E-state index in [2.05, 4.69) is 4.98 Å². The highest BCUT2D eigenvalue weighted by atomic mass is 16.3. The summed E-state index contributed by atoms with van der Waals surface area (Å²) in [5, 5.41) is 0. The minimum absolute atomic E-state index is 0.0585. The van der Waals surface area contributed by atoms with Gasteiger partial charge in [0.25, 0.3) is 5.91 Å². The standard InChI is InChI=1S/C17H17N3O3/c21-16-9-14-13(20(16)11-12-3-1-6-18-10-12)5-7-19(14)17(22)15-4-2-8-23-15/h1-4,6,8,10,13-14H,5,7,9,11H2/t13-,14+/m0/s1. The summed E-state index contributed by atoms with van der Waals surface area (Å²) in [6, 6.07) is 7.23. The molecule has 6 heteroatoms. The summed E-state index contributed by atoms with van der Waals surface area (Å²) in [6.07, 6.45) is 6.19. The lowest BCUT2D eigenvalue weighted by Crippen LogP contribution is -2.39. The number of furan rings is 1. The number of hydrogen-bond acceptors (Lipinski definition) is 4. The van der Waals surface area contributed by atoms with Crippen LogP contribution in [0.15, 0.2) is 47.3 Å². The van der Waals surface area contributed by atoms with Crippen LogP contribution in [0.3, 0.4) is 0 Å². The largest absolute Gasteiger partial charge is 0.459 e. The molecule has 0 unspecified atom stereocenters. The van der Waals surface area contributed by atoms with Crippen LogP contribution >= 0.6 is 0 Å². The Morgan fingerprint density at radius 3 is 2.96 bits per heavy atom. The highest BCUT2D eigenvalue weighted by Crippen LogP contribution is 2.34. The normalized spacial score (nSPS) is 23.4. The van der Waals surface area contributed by atoms with Crippen molar-refractivity contribution in [1.82, 2.24) is 14.8 Å². The van der Waals surface area contributed by atoms with Crippen LogP contribution < -0.4 is 0 Å². The second-order valence-electron chi connectivity index (χ2n) is 5.99. The molecule has 2 aromatic rings. The van der Waals surface area contributed by atoms with Crippen molar-refractivity contribution in [3.05, 3.63) is 54.2 Å². The highest BCUT2D eigenvalue weighted by Gasteiger charge is 2.48. The third-order valence-corrected chi connectivity index (χ3v) is 4.68. The molecule has 2 amide bonds. The number of pyridine rings is 1. The molecule has 0 N–H and O–H groups in total. The summed E-state index contributed by atoms with van der Waals surface area (Å²) in [6.45, 7) is 1.21. The Hall–Kier alpha value is -2.63. The third-order valence-electron chi connectivity index (χ3n) is 4.68. The van der Waals surface area contributed by atoms with E-state index in [-0.39, 0.29) is 23.9 Å². The second-order valence-corrected chi connectivity index (χ2v) is 5.99. The van der Waals surface area contributed by atoms with Crippen molar-refractivity contribution >= 4 is 11.8 Å². The molecule has 118 valence electrons. The number of fused-ring (bicyclic) bond motifs is 1. The first kappa shape index (κ1) is 14.0. The summed E-state index contributed by atoms with van der Waals surface area (Å²) >= 11 is 0. The Bertz CT molecular complexity index is 714. The first-order valence-corrected chi connectivity index (χ1v) is 7.77. The summed E-state index contributed by atoms with van der Waals surface area (Å²) in [7, 11) is 0. The van der Waals surface area contributed by atoms with E-state index < -0.39 is 0 Å². The fourth-order valence-corrected chi connectivity index (χ4v) is 3.62. The molecule has 4 heterocycles. The van der Waals surface area contributed by atoms with Gasteiger partial charge in [-0.05, 0) is 30.2 Å².